The minimum Gasteiger partial charge on any atom is -0.507 e. The van der Waals surface area contributed by atoms with Gasteiger partial charge in [-0.25, -0.2) is 0 Å². The molecule has 3 aromatic rings. The Hall–Kier alpha value is -2.20. The molecule has 98 valence electrons. The van der Waals surface area contributed by atoms with Crippen molar-refractivity contribution in [3.8, 4) is 5.75 Å². The van der Waals surface area contributed by atoms with E-state index in [9.17, 15) is 5.11 Å². The largest absolute Gasteiger partial charge is 0.507 e. The Balaban J connectivity index is 2.03. The van der Waals surface area contributed by atoms with Gasteiger partial charge in [-0.3, -0.25) is 0 Å². The van der Waals surface area contributed by atoms with Crippen molar-refractivity contribution < 1.29 is 5.11 Å². The molecule has 0 heterocycles. The van der Waals surface area contributed by atoms with Crippen molar-refractivity contribution in [3.63, 3.8) is 0 Å². The first kappa shape index (κ1) is 12.8. The van der Waals surface area contributed by atoms with E-state index in [1.807, 2.05) is 48.5 Å². The smallest absolute Gasteiger partial charge is 0.123 e. The molecule has 0 radical (unpaired) electrons. The van der Waals surface area contributed by atoms with Crippen molar-refractivity contribution >= 4 is 38.1 Å². The van der Waals surface area contributed by atoms with Gasteiger partial charge in [-0.05, 0) is 36.4 Å². The van der Waals surface area contributed by atoms with Gasteiger partial charge < -0.3 is 5.11 Å². The molecule has 0 unspecified atom stereocenters. The summed E-state index contributed by atoms with van der Waals surface area (Å²) in [7, 11) is 0. The predicted octanol–water partition coefficient (Wildman–Crippen LogP) is 5.72. The van der Waals surface area contributed by atoms with Crippen LogP contribution in [-0.2, 0) is 0 Å². The summed E-state index contributed by atoms with van der Waals surface area (Å²) in [6.07, 6.45) is 0. The Kier molecular flexibility index (Phi) is 3.48. The van der Waals surface area contributed by atoms with Crippen LogP contribution in [0.2, 0.25) is 0 Å². The molecule has 0 aliphatic carbocycles. The van der Waals surface area contributed by atoms with E-state index < -0.39 is 0 Å². The van der Waals surface area contributed by atoms with Gasteiger partial charge in [-0.1, -0.05) is 40.2 Å². The third kappa shape index (κ3) is 2.56. The lowest BCUT2D eigenvalue weighted by Gasteiger charge is -2.03. The maximum atomic E-state index is 9.83. The molecule has 3 aromatic carbocycles. The van der Waals surface area contributed by atoms with Gasteiger partial charge in [-0.2, -0.15) is 5.11 Å². The topological polar surface area (TPSA) is 45.0 Å². The van der Waals surface area contributed by atoms with Crippen molar-refractivity contribution in [3.05, 3.63) is 65.1 Å². The van der Waals surface area contributed by atoms with Crippen LogP contribution < -0.4 is 0 Å². The minimum absolute atomic E-state index is 0.253. The monoisotopic (exact) mass is 326 g/mol. The Bertz CT molecular complexity index is 782. The summed E-state index contributed by atoms with van der Waals surface area (Å²) < 4.78 is 1.01. The van der Waals surface area contributed by atoms with Crippen LogP contribution in [0.5, 0.6) is 5.75 Å². The van der Waals surface area contributed by atoms with Crippen LogP contribution in [0.1, 0.15) is 0 Å². The first-order valence-electron chi connectivity index (χ1n) is 6.12. The molecular weight excluding hydrogens is 316 g/mol. The van der Waals surface area contributed by atoms with Crippen molar-refractivity contribution in [2.45, 2.75) is 0 Å². The fraction of sp³-hybridized carbons (Fsp3) is 0. The third-order valence-corrected chi connectivity index (χ3v) is 3.51. The standard InChI is InChI=1S/C16H11BrN2O/c17-11-5-7-12(8-6-11)18-19-15-9-10-16(20)14-4-2-1-3-13(14)15/h1-10,20H. The van der Waals surface area contributed by atoms with Crippen LogP contribution in [0.4, 0.5) is 11.4 Å². The zero-order valence-corrected chi connectivity index (χ0v) is 12.1. The van der Waals surface area contributed by atoms with Crippen LogP contribution in [0, 0.1) is 0 Å². The quantitative estimate of drug-likeness (QED) is 0.601. The van der Waals surface area contributed by atoms with Gasteiger partial charge >= 0.3 is 0 Å². The van der Waals surface area contributed by atoms with E-state index in [2.05, 4.69) is 26.2 Å². The molecule has 0 atom stereocenters. The number of phenols is 1. The highest BCUT2D eigenvalue weighted by Gasteiger charge is 2.03. The van der Waals surface area contributed by atoms with Gasteiger partial charge in [0, 0.05) is 15.2 Å². The number of halogens is 1. The lowest BCUT2D eigenvalue weighted by molar-refractivity contribution is 0.481. The Labute approximate surface area is 124 Å². The second kappa shape index (κ2) is 5.43. The summed E-state index contributed by atoms with van der Waals surface area (Å²) in [6, 6.07) is 18.6. The Morgan fingerprint density at radius 1 is 0.750 bits per heavy atom. The molecule has 0 aromatic heterocycles. The summed E-state index contributed by atoms with van der Waals surface area (Å²) in [4.78, 5) is 0. The van der Waals surface area contributed by atoms with E-state index >= 15 is 0 Å². The fourth-order valence-corrected chi connectivity index (χ4v) is 2.24. The summed E-state index contributed by atoms with van der Waals surface area (Å²) in [5.41, 5.74) is 1.52. The van der Waals surface area contributed by atoms with Crippen LogP contribution in [0.15, 0.2) is 75.4 Å². The molecule has 1 N–H and O–H groups in total. The van der Waals surface area contributed by atoms with E-state index in [1.165, 1.54) is 0 Å². The average Bonchev–Trinajstić information content (AvgIpc) is 2.49. The number of hydrogen-bond donors (Lipinski definition) is 1. The zero-order valence-electron chi connectivity index (χ0n) is 10.5. The van der Waals surface area contributed by atoms with Gasteiger partial charge in [0.25, 0.3) is 0 Å². The van der Waals surface area contributed by atoms with Crippen LogP contribution in [0.3, 0.4) is 0 Å². The van der Waals surface area contributed by atoms with Gasteiger partial charge in [-0.15, -0.1) is 5.11 Å². The summed E-state index contributed by atoms with van der Waals surface area (Å²) in [5, 5.41) is 20.0. The maximum absolute atomic E-state index is 9.83. The highest BCUT2D eigenvalue weighted by Crippen LogP contribution is 2.33. The van der Waals surface area contributed by atoms with E-state index in [-0.39, 0.29) is 5.75 Å². The molecule has 0 aliphatic heterocycles. The van der Waals surface area contributed by atoms with Gasteiger partial charge in [0.2, 0.25) is 0 Å². The first-order valence-corrected chi connectivity index (χ1v) is 6.91. The molecule has 3 rings (SSSR count). The number of rotatable bonds is 2. The highest BCUT2D eigenvalue weighted by molar-refractivity contribution is 9.10. The average molecular weight is 327 g/mol. The molecule has 0 spiro atoms. The number of phenolic OH excluding ortho intramolecular Hbond substituents is 1. The number of fused-ring (bicyclic) bond motifs is 1. The fourth-order valence-electron chi connectivity index (χ4n) is 1.97. The van der Waals surface area contributed by atoms with E-state index in [0.717, 1.165) is 26.6 Å². The summed E-state index contributed by atoms with van der Waals surface area (Å²) >= 11 is 3.38. The second-order valence-electron chi connectivity index (χ2n) is 4.33. The molecular formula is C16H11BrN2O. The van der Waals surface area contributed by atoms with Crippen LogP contribution in [0.25, 0.3) is 10.8 Å². The lowest BCUT2D eigenvalue weighted by Crippen LogP contribution is -1.74. The van der Waals surface area contributed by atoms with Gasteiger partial charge in [0.05, 0.1) is 11.4 Å². The molecule has 0 saturated heterocycles. The minimum atomic E-state index is 0.253. The number of hydrogen-bond acceptors (Lipinski definition) is 3. The maximum Gasteiger partial charge on any atom is 0.123 e. The SMILES string of the molecule is Oc1ccc(N=Nc2ccc(Br)cc2)c2ccccc12. The number of benzene rings is 3. The predicted molar refractivity (Wildman–Crippen MR) is 83.9 cm³/mol. The zero-order chi connectivity index (χ0) is 13.9. The first-order chi connectivity index (χ1) is 9.74. The van der Waals surface area contributed by atoms with Crippen molar-refractivity contribution in [2.75, 3.05) is 0 Å². The third-order valence-electron chi connectivity index (χ3n) is 2.98. The summed E-state index contributed by atoms with van der Waals surface area (Å²) in [5.74, 6) is 0.253. The Morgan fingerprint density at radius 2 is 1.45 bits per heavy atom. The second-order valence-corrected chi connectivity index (χ2v) is 5.24. The number of azo groups is 1. The molecule has 0 aliphatic rings. The number of nitrogens with zero attached hydrogens (tertiary/aromatic N) is 2. The van der Waals surface area contributed by atoms with Crippen molar-refractivity contribution in [1.29, 1.82) is 0 Å². The molecule has 0 saturated carbocycles. The van der Waals surface area contributed by atoms with Crippen LogP contribution >= 0.6 is 15.9 Å². The Morgan fingerprint density at radius 3 is 2.20 bits per heavy atom. The molecule has 20 heavy (non-hydrogen) atoms. The molecule has 0 fully saturated rings. The van der Waals surface area contributed by atoms with Crippen molar-refractivity contribution in [2.24, 2.45) is 10.2 Å². The van der Waals surface area contributed by atoms with E-state index in [1.54, 1.807) is 12.1 Å². The van der Waals surface area contributed by atoms with E-state index in [0.29, 0.717) is 0 Å². The van der Waals surface area contributed by atoms with Gasteiger partial charge in [0.15, 0.2) is 0 Å². The van der Waals surface area contributed by atoms with Crippen molar-refractivity contribution in [1.82, 2.24) is 0 Å². The molecule has 3 nitrogen and oxygen atoms in total. The molecule has 4 heteroatoms. The lowest BCUT2D eigenvalue weighted by atomic mass is 10.1. The molecule has 0 amide bonds. The van der Waals surface area contributed by atoms with Gasteiger partial charge in [0.1, 0.15) is 5.75 Å². The molecule has 0 bridgehead atoms. The number of aromatic hydroxyl groups is 1. The van der Waals surface area contributed by atoms with Crippen LogP contribution in [-0.4, -0.2) is 5.11 Å². The normalized spacial score (nSPS) is 11.2. The van der Waals surface area contributed by atoms with E-state index in [4.69, 9.17) is 0 Å². The highest BCUT2D eigenvalue weighted by atomic mass is 79.9. The summed E-state index contributed by atoms with van der Waals surface area (Å²) in [6.45, 7) is 0.